The minimum Gasteiger partial charge on any atom is -0.465 e. The molecule has 3 aromatic rings. The van der Waals surface area contributed by atoms with Crippen molar-refractivity contribution in [1.29, 1.82) is 0 Å². The summed E-state index contributed by atoms with van der Waals surface area (Å²) in [6, 6.07) is 15.3. The van der Waals surface area contributed by atoms with Crippen molar-refractivity contribution in [3.8, 4) is 11.1 Å². The standard InChI is InChI=1S/C22H20N2O2S/c1-5-26-21(25)22(2,3)27-20-17-8-6-7-9-19(17)24-14-18(20)15-10-12-16(23-4)13-11-15/h6-14H,5H2,1-3H3. The quantitative estimate of drug-likeness (QED) is 0.316. The molecule has 2 aromatic carbocycles. The maximum absolute atomic E-state index is 12.4. The number of ether oxygens (including phenoxy) is 1. The van der Waals surface area contributed by atoms with Gasteiger partial charge < -0.3 is 4.74 Å². The van der Waals surface area contributed by atoms with Crippen LogP contribution in [0.3, 0.4) is 0 Å². The van der Waals surface area contributed by atoms with Crippen LogP contribution in [0.15, 0.2) is 59.6 Å². The second-order valence-electron chi connectivity index (χ2n) is 6.51. The lowest BCUT2D eigenvalue weighted by Gasteiger charge is -2.24. The van der Waals surface area contributed by atoms with E-state index in [1.165, 1.54) is 11.8 Å². The molecule has 27 heavy (non-hydrogen) atoms. The molecule has 1 heterocycles. The lowest BCUT2D eigenvalue weighted by Crippen LogP contribution is -2.30. The summed E-state index contributed by atoms with van der Waals surface area (Å²) in [5, 5.41) is 0.992. The number of fused-ring (bicyclic) bond motifs is 1. The molecule has 1 aromatic heterocycles. The van der Waals surface area contributed by atoms with Crippen molar-refractivity contribution in [3.05, 3.63) is 66.1 Å². The molecule has 0 aliphatic rings. The molecule has 0 spiro atoms. The van der Waals surface area contributed by atoms with E-state index in [0.717, 1.165) is 26.9 Å². The van der Waals surface area contributed by atoms with Crippen LogP contribution >= 0.6 is 11.8 Å². The largest absolute Gasteiger partial charge is 0.465 e. The van der Waals surface area contributed by atoms with Gasteiger partial charge in [0.2, 0.25) is 0 Å². The predicted molar refractivity (Wildman–Crippen MR) is 110 cm³/mol. The topological polar surface area (TPSA) is 43.5 Å². The van der Waals surface area contributed by atoms with Gasteiger partial charge in [0.05, 0.1) is 18.7 Å². The van der Waals surface area contributed by atoms with E-state index < -0.39 is 4.75 Å². The van der Waals surface area contributed by atoms with E-state index in [1.54, 1.807) is 12.1 Å². The Labute approximate surface area is 163 Å². The fraction of sp³-hybridized carbons (Fsp3) is 0.227. The second-order valence-corrected chi connectivity index (χ2v) is 8.14. The van der Waals surface area contributed by atoms with Crippen molar-refractivity contribution in [1.82, 2.24) is 4.98 Å². The van der Waals surface area contributed by atoms with Crippen molar-refractivity contribution >= 4 is 34.3 Å². The summed E-state index contributed by atoms with van der Waals surface area (Å²) >= 11 is 1.48. The average molecular weight is 376 g/mol. The molecule has 0 amide bonds. The van der Waals surface area contributed by atoms with E-state index in [9.17, 15) is 4.79 Å². The van der Waals surface area contributed by atoms with Crippen molar-refractivity contribution in [2.45, 2.75) is 30.4 Å². The third-order valence-electron chi connectivity index (χ3n) is 4.16. The summed E-state index contributed by atoms with van der Waals surface area (Å²) in [6.45, 7) is 13.0. The number of esters is 1. The van der Waals surface area contributed by atoms with Crippen LogP contribution < -0.4 is 0 Å². The summed E-state index contributed by atoms with van der Waals surface area (Å²) in [6.07, 6.45) is 1.83. The molecule has 0 atom stereocenters. The molecule has 0 saturated carbocycles. The zero-order chi connectivity index (χ0) is 19.4. The third-order valence-corrected chi connectivity index (χ3v) is 5.48. The van der Waals surface area contributed by atoms with Crippen molar-refractivity contribution in [2.24, 2.45) is 0 Å². The van der Waals surface area contributed by atoms with Gasteiger partial charge in [0.1, 0.15) is 4.75 Å². The minimum atomic E-state index is -0.745. The maximum Gasteiger partial charge on any atom is 0.321 e. The fourth-order valence-electron chi connectivity index (χ4n) is 2.75. The summed E-state index contributed by atoms with van der Waals surface area (Å²) in [4.78, 5) is 21.5. The lowest BCUT2D eigenvalue weighted by molar-refractivity contribution is -0.145. The number of para-hydroxylation sites is 1. The van der Waals surface area contributed by atoms with Gasteiger partial charge in [-0.3, -0.25) is 9.78 Å². The molecule has 4 nitrogen and oxygen atoms in total. The number of nitrogens with zero attached hydrogens (tertiary/aromatic N) is 2. The van der Waals surface area contributed by atoms with E-state index >= 15 is 0 Å². The van der Waals surface area contributed by atoms with Gasteiger partial charge in [-0.2, -0.15) is 0 Å². The van der Waals surface area contributed by atoms with Crippen LogP contribution in [-0.2, 0) is 9.53 Å². The number of rotatable bonds is 5. The number of thioether (sulfide) groups is 1. The molecule has 3 rings (SSSR count). The van der Waals surface area contributed by atoms with Crippen LogP contribution in [0.2, 0.25) is 0 Å². The van der Waals surface area contributed by atoms with Crippen molar-refractivity contribution in [2.75, 3.05) is 6.61 Å². The first-order valence-electron chi connectivity index (χ1n) is 8.68. The van der Waals surface area contributed by atoms with Gasteiger partial charge >= 0.3 is 5.97 Å². The van der Waals surface area contributed by atoms with Gasteiger partial charge in [-0.05, 0) is 32.4 Å². The van der Waals surface area contributed by atoms with E-state index in [2.05, 4.69) is 9.83 Å². The predicted octanol–water partition coefficient (Wildman–Crippen LogP) is 5.89. The van der Waals surface area contributed by atoms with Gasteiger partial charge in [-0.1, -0.05) is 42.5 Å². The molecule has 0 unspecified atom stereocenters. The van der Waals surface area contributed by atoms with Crippen LogP contribution in [0.1, 0.15) is 20.8 Å². The normalized spacial score (nSPS) is 11.2. The number of aromatic nitrogens is 1. The first-order valence-corrected chi connectivity index (χ1v) is 9.50. The Kier molecular flexibility index (Phi) is 5.48. The van der Waals surface area contributed by atoms with Crippen molar-refractivity contribution < 1.29 is 9.53 Å². The average Bonchev–Trinajstić information content (AvgIpc) is 2.68. The number of hydrogen-bond donors (Lipinski definition) is 0. The van der Waals surface area contributed by atoms with Crippen LogP contribution in [0.25, 0.3) is 26.9 Å². The van der Waals surface area contributed by atoms with Gasteiger partial charge in [-0.25, -0.2) is 4.85 Å². The zero-order valence-electron chi connectivity index (χ0n) is 15.5. The first kappa shape index (κ1) is 18.9. The fourth-order valence-corrected chi connectivity index (χ4v) is 3.96. The summed E-state index contributed by atoms with van der Waals surface area (Å²) in [5.74, 6) is -0.245. The molecule has 0 radical (unpaired) electrons. The zero-order valence-corrected chi connectivity index (χ0v) is 16.3. The smallest absolute Gasteiger partial charge is 0.321 e. The SMILES string of the molecule is [C-]#[N+]c1ccc(-c2cnc3ccccc3c2SC(C)(C)C(=O)OCC)cc1. The molecule has 0 aliphatic heterocycles. The Bertz CT molecular complexity index is 1020. The number of carbonyl (C=O) groups is 1. The minimum absolute atomic E-state index is 0.245. The highest BCUT2D eigenvalue weighted by molar-refractivity contribution is 8.01. The summed E-state index contributed by atoms with van der Waals surface area (Å²) < 4.78 is 4.51. The molecule has 0 aliphatic carbocycles. The first-order chi connectivity index (χ1) is 13.0. The van der Waals surface area contributed by atoms with Crippen LogP contribution in [-0.4, -0.2) is 22.3 Å². The molecule has 0 bridgehead atoms. The summed E-state index contributed by atoms with van der Waals surface area (Å²) in [5.41, 5.74) is 3.37. The Morgan fingerprint density at radius 2 is 1.89 bits per heavy atom. The van der Waals surface area contributed by atoms with E-state index in [4.69, 9.17) is 11.3 Å². The van der Waals surface area contributed by atoms with Gasteiger partial charge in [0.15, 0.2) is 5.69 Å². The van der Waals surface area contributed by atoms with Crippen LogP contribution in [0, 0.1) is 6.57 Å². The molecular formula is C22H20N2O2S. The summed E-state index contributed by atoms with van der Waals surface area (Å²) in [7, 11) is 0. The second kappa shape index (κ2) is 7.81. The Morgan fingerprint density at radius 1 is 1.19 bits per heavy atom. The highest BCUT2D eigenvalue weighted by Gasteiger charge is 2.32. The number of pyridine rings is 1. The van der Waals surface area contributed by atoms with Crippen LogP contribution in [0.4, 0.5) is 5.69 Å². The number of carbonyl (C=O) groups excluding carboxylic acids is 1. The lowest BCUT2D eigenvalue weighted by atomic mass is 10.0. The Morgan fingerprint density at radius 3 is 2.56 bits per heavy atom. The molecule has 0 N–H and O–H groups in total. The number of benzene rings is 2. The maximum atomic E-state index is 12.4. The molecule has 5 heteroatoms. The molecular weight excluding hydrogens is 356 g/mol. The van der Waals surface area contributed by atoms with E-state index in [1.807, 2.05) is 63.4 Å². The van der Waals surface area contributed by atoms with E-state index in [-0.39, 0.29) is 5.97 Å². The highest BCUT2D eigenvalue weighted by Crippen LogP contribution is 2.43. The molecule has 0 fully saturated rings. The van der Waals surface area contributed by atoms with Gasteiger partial charge in [-0.15, -0.1) is 11.8 Å². The highest BCUT2D eigenvalue weighted by atomic mass is 32.2. The van der Waals surface area contributed by atoms with Crippen molar-refractivity contribution in [3.63, 3.8) is 0 Å². The Balaban J connectivity index is 2.15. The molecule has 136 valence electrons. The van der Waals surface area contributed by atoms with E-state index in [0.29, 0.717) is 12.3 Å². The van der Waals surface area contributed by atoms with Gasteiger partial charge in [0.25, 0.3) is 0 Å². The number of hydrogen-bond acceptors (Lipinski definition) is 4. The monoisotopic (exact) mass is 376 g/mol. The molecule has 0 saturated heterocycles. The Hall–Kier alpha value is -2.84. The van der Waals surface area contributed by atoms with Crippen LogP contribution in [0.5, 0.6) is 0 Å². The van der Waals surface area contributed by atoms with Gasteiger partial charge in [0, 0.05) is 22.0 Å². The third kappa shape index (κ3) is 3.96.